The van der Waals surface area contributed by atoms with Gasteiger partial charge >= 0.3 is 6.61 Å². The number of hydrogen-bond acceptors (Lipinski definition) is 3. The van der Waals surface area contributed by atoms with Crippen molar-refractivity contribution >= 4 is 28.9 Å². The SMILES string of the molecule is O=C(c1ccc(OC(F)F)cc1)N1Cc2ccccc2NC1=S. The summed E-state index contributed by atoms with van der Waals surface area (Å²) in [5, 5.41) is 3.32. The van der Waals surface area contributed by atoms with Crippen molar-refractivity contribution in [1.82, 2.24) is 4.90 Å². The van der Waals surface area contributed by atoms with E-state index < -0.39 is 6.61 Å². The second kappa shape index (κ2) is 6.29. The average Bonchev–Trinajstić information content (AvgIpc) is 2.54. The number of para-hydroxylation sites is 1. The summed E-state index contributed by atoms with van der Waals surface area (Å²) in [6, 6.07) is 13.1. The van der Waals surface area contributed by atoms with Gasteiger partial charge in [0.1, 0.15) is 5.75 Å². The number of rotatable bonds is 3. The molecule has 0 radical (unpaired) electrons. The van der Waals surface area contributed by atoms with E-state index in [0.717, 1.165) is 11.3 Å². The number of thiocarbonyl (C=S) groups is 1. The van der Waals surface area contributed by atoms with Crippen LogP contribution in [0.3, 0.4) is 0 Å². The van der Waals surface area contributed by atoms with Crippen LogP contribution < -0.4 is 10.1 Å². The van der Waals surface area contributed by atoms with Crippen molar-refractivity contribution < 1.29 is 18.3 Å². The molecule has 2 aromatic rings. The highest BCUT2D eigenvalue weighted by atomic mass is 32.1. The van der Waals surface area contributed by atoms with Crippen molar-refractivity contribution in [2.75, 3.05) is 5.32 Å². The number of nitrogens with one attached hydrogen (secondary N) is 1. The van der Waals surface area contributed by atoms with Crippen LogP contribution in [0.25, 0.3) is 0 Å². The van der Waals surface area contributed by atoms with Gasteiger partial charge in [0.15, 0.2) is 5.11 Å². The van der Waals surface area contributed by atoms with Crippen LogP contribution >= 0.6 is 12.2 Å². The number of hydrogen-bond donors (Lipinski definition) is 1. The highest BCUT2D eigenvalue weighted by molar-refractivity contribution is 7.80. The monoisotopic (exact) mass is 334 g/mol. The Morgan fingerprint density at radius 3 is 2.57 bits per heavy atom. The molecule has 1 aliphatic heterocycles. The maximum Gasteiger partial charge on any atom is 0.387 e. The summed E-state index contributed by atoms with van der Waals surface area (Å²) in [6.07, 6.45) is 0. The largest absolute Gasteiger partial charge is 0.435 e. The number of ether oxygens (including phenoxy) is 1. The van der Waals surface area contributed by atoms with E-state index >= 15 is 0 Å². The lowest BCUT2D eigenvalue weighted by molar-refractivity contribution is -0.0498. The quantitative estimate of drug-likeness (QED) is 0.870. The van der Waals surface area contributed by atoms with Crippen LogP contribution in [0.1, 0.15) is 15.9 Å². The molecule has 0 aromatic heterocycles. The van der Waals surface area contributed by atoms with Crippen molar-refractivity contribution in [1.29, 1.82) is 0 Å². The molecule has 4 nitrogen and oxygen atoms in total. The van der Waals surface area contributed by atoms with Gasteiger partial charge in [0.25, 0.3) is 5.91 Å². The highest BCUT2D eigenvalue weighted by Gasteiger charge is 2.25. The average molecular weight is 334 g/mol. The van der Waals surface area contributed by atoms with Gasteiger partial charge in [-0.15, -0.1) is 0 Å². The molecule has 0 bridgehead atoms. The van der Waals surface area contributed by atoms with Gasteiger partial charge in [-0.25, -0.2) is 0 Å². The molecule has 0 atom stereocenters. The third kappa shape index (κ3) is 3.29. The smallest absolute Gasteiger partial charge is 0.387 e. The summed E-state index contributed by atoms with van der Waals surface area (Å²) in [5.41, 5.74) is 2.17. The minimum absolute atomic E-state index is 0.00115. The van der Waals surface area contributed by atoms with Gasteiger partial charge in [-0.3, -0.25) is 9.69 Å². The van der Waals surface area contributed by atoms with E-state index in [1.807, 2.05) is 24.3 Å². The van der Waals surface area contributed by atoms with Gasteiger partial charge in [0, 0.05) is 11.3 Å². The normalized spacial score (nSPS) is 13.5. The van der Waals surface area contributed by atoms with E-state index in [2.05, 4.69) is 10.1 Å². The second-order valence-corrected chi connectivity index (χ2v) is 5.27. The maximum absolute atomic E-state index is 12.6. The van der Waals surface area contributed by atoms with Crippen LogP contribution in [0.15, 0.2) is 48.5 Å². The fourth-order valence-corrected chi connectivity index (χ4v) is 2.56. The van der Waals surface area contributed by atoms with E-state index in [0.29, 0.717) is 17.2 Å². The van der Waals surface area contributed by atoms with Crippen molar-refractivity contribution in [2.24, 2.45) is 0 Å². The van der Waals surface area contributed by atoms with Gasteiger partial charge in [0.05, 0.1) is 6.54 Å². The van der Waals surface area contributed by atoms with E-state index in [-0.39, 0.29) is 11.7 Å². The van der Waals surface area contributed by atoms with Crippen molar-refractivity contribution in [3.8, 4) is 5.75 Å². The first kappa shape index (κ1) is 15.4. The Morgan fingerprint density at radius 2 is 1.87 bits per heavy atom. The Balaban J connectivity index is 1.79. The Kier molecular flexibility index (Phi) is 4.20. The molecule has 0 spiro atoms. The molecule has 23 heavy (non-hydrogen) atoms. The molecule has 1 amide bonds. The molecule has 0 saturated heterocycles. The van der Waals surface area contributed by atoms with Crippen LogP contribution in [0, 0.1) is 0 Å². The zero-order valence-corrected chi connectivity index (χ0v) is 12.6. The summed E-state index contributed by atoms with van der Waals surface area (Å²) >= 11 is 5.23. The minimum atomic E-state index is -2.90. The Bertz CT molecular complexity index is 750. The molecule has 1 aliphatic rings. The maximum atomic E-state index is 12.6. The predicted molar refractivity (Wildman–Crippen MR) is 85.6 cm³/mol. The molecule has 118 valence electrons. The van der Waals surface area contributed by atoms with Gasteiger partial charge in [0.2, 0.25) is 0 Å². The van der Waals surface area contributed by atoms with Crippen LogP contribution in [-0.2, 0) is 6.54 Å². The number of benzene rings is 2. The lowest BCUT2D eigenvalue weighted by atomic mass is 10.1. The lowest BCUT2D eigenvalue weighted by Gasteiger charge is -2.30. The first-order valence-electron chi connectivity index (χ1n) is 6.80. The Labute approximate surface area is 136 Å². The molecule has 1 N–H and O–H groups in total. The lowest BCUT2D eigenvalue weighted by Crippen LogP contribution is -2.42. The molecular formula is C16H12F2N2O2S. The fraction of sp³-hybridized carbons (Fsp3) is 0.125. The number of halogens is 2. The van der Waals surface area contributed by atoms with Gasteiger partial charge in [-0.1, -0.05) is 18.2 Å². The number of anilines is 1. The predicted octanol–water partition coefficient (Wildman–Crippen LogP) is 3.64. The van der Waals surface area contributed by atoms with Crippen molar-refractivity contribution in [3.63, 3.8) is 0 Å². The zero-order chi connectivity index (χ0) is 16.4. The number of carbonyl (C=O) groups excluding carboxylic acids is 1. The summed E-state index contributed by atoms with van der Waals surface area (Å²) in [6.45, 7) is -2.54. The second-order valence-electron chi connectivity index (χ2n) is 4.88. The van der Waals surface area contributed by atoms with Crippen LogP contribution in [-0.4, -0.2) is 22.5 Å². The third-order valence-electron chi connectivity index (χ3n) is 3.40. The van der Waals surface area contributed by atoms with Crippen molar-refractivity contribution in [3.05, 3.63) is 59.7 Å². The van der Waals surface area contributed by atoms with Crippen LogP contribution in [0.5, 0.6) is 5.75 Å². The first-order valence-corrected chi connectivity index (χ1v) is 7.21. The van der Waals surface area contributed by atoms with E-state index in [4.69, 9.17) is 12.2 Å². The molecular weight excluding hydrogens is 322 g/mol. The molecule has 7 heteroatoms. The number of fused-ring (bicyclic) bond motifs is 1. The van der Waals surface area contributed by atoms with Gasteiger partial charge in [-0.05, 0) is 48.1 Å². The zero-order valence-electron chi connectivity index (χ0n) is 11.8. The molecule has 3 rings (SSSR count). The molecule has 1 heterocycles. The Hall–Kier alpha value is -2.54. The molecule has 2 aromatic carbocycles. The number of alkyl halides is 2. The van der Waals surface area contributed by atoms with Gasteiger partial charge < -0.3 is 10.1 Å². The van der Waals surface area contributed by atoms with Crippen LogP contribution in [0.2, 0.25) is 0 Å². The number of nitrogens with zero attached hydrogens (tertiary/aromatic N) is 1. The summed E-state index contributed by atoms with van der Waals surface area (Å²) in [4.78, 5) is 14.0. The van der Waals surface area contributed by atoms with Crippen LogP contribution in [0.4, 0.5) is 14.5 Å². The minimum Gasteiger partial charge on any atom is -0.435 e. The molecule has 0 fully saturated rings. The molecule has 0 saturated carbocycles. The Morgan fingerprint density at radius 1 is 1.17 bits per heavy atom. The standard InChI is InChI=1S/C16H12F2N2O2S/c17-15(18)22-12-7-5-10(6-8-12)14(21)20-9-11-3-1-2-4-13(11)19-16(20)23/h1-8,15H,9H2,(H,19,23). The number of carbonyl (C=O) groups is 1. The first-order chi connectivity index (χ1) is 11.0. The van der Waals surface area contributed by atoms with E-state index in [1.54, 1.807) is 0 Å². The van der Waals surface area contributed by atoms with Gasteiger partial charge in [-0.2, -0.15) is 8.78 Å². The molecule has 0 unspecified atom stereocenters. The molecule has 0 aliphatic carbocycles. The fourth-order valence-electron chi connectivity index (χ4n) is 2.30. The third-order valence-corrected chi connectivity index (χ3v) is 3.73. The highest BCUT2D eigenvalue weighted by Crippen LogP contribution is 2.24. The van der Waals surface area contributed by atoms with Crippen molar-refractivity contribution in [2.45, 2.75) is 13.2 Å². The van der Waals surface area contributed by atoms with E-state index in [9.17, 15) is 13.6 Å². The summed E-state index contributed by atoms with van der Waals surface area (Å²) < 4.78 is 28.5. The number of amides is 1. The summed E-state index contributed by atoms with van der Waals surface area (Å²) in [5.74, 6) is -0.304. The topological polar surface area (TPSA) is 41.6 Å². The summed E-state index contributed by atoms with van der Waals surface area (Å²) in [7, 11) is 0. The van der Waals surface area contributed by atoms with E-state index in [1.165, 1.54) is 29.2 Å².